The Morgan fingerprint density at radius 1 is 1.65 bits per heavy atom. The second kappa shape index (κ2) is 5.43. The fraction of sp³-hybridized carbons (Fsp3) is 0.700. The Kier molecular flexibility index (Phi) is 4.13. The summed E-state index contributed by atoms with van der Waals surface area (Å²) in [7, 11) is -3.21. The molecule has 0 saturated carbocycles. The monoisotopic (exact) mass is 275 g/mol. The molecule has 1 saturated heterocycles. The van der Waals surface area contributed by atoms with Gasteiger partial charge in [-0.3, -0.25) is 0 Å². The summed E-state index contributed by atoms with van der Waals surface area (Å²) in [5.74, 6) is 0. The van der Waals surface area contributed by atoms with Gasteiger partial charge in [0.05, 0.1) is 10.3 Å². The van der Waals surface area contributed by atoms with Crippen LogP contribution in [0.3, 0.4) is 0 Å². The lowest BCUT2D eigenvalue weighted by atomic mass is 10.2. The Hall–Kier alpha value is -0.500. The van der Waals surface area contributed by atoms with Crippen molar-refractivity contribution in [1.82, 2.24) is 15.0 Å². The van der Waals surface area contributed by atoms with Gasteiger partial charge in [0.1, 0.15) is 0 Å². The molecule has 2 rings (SSSR count). The van der Waals surface area contributed by atoms with Crippen molar-refractivity contribution in [3.05, 3.63) is 16.1 Å². The van der Waals surface area contributed by atoms with E-state index >= 15 is 0 Å². The normalized spacial score (nSPS) is 21.6. The van der Waals surface area contributed by atoms with Gasteiger partial charge in [0.15, 0.2) is 0 Å². The number of nitrogens with one attached hydrogen (secondary N) is 2. The number of piperidine rings is 1. The van der Waals surface area contributed by atoms with Crippen molar-refractivity contribution >= 4 is 21.4 Å². The van der Waals surface area contributed by atoms with Gasteiger partial charge in [-0.1, -0.05) is 0 Å². The number of thiazole rings is 1. The molecule has 1 fully saturated rings. The molecule has 1 unspecified atom stereocenters. The summed E-state index contributed by atoms with van der Waals surface area (Å²) in [6, 6.07) is 0. The van der Waals surface area contributed by atoms with Crippen LogP contribution in [0, 0.1) is 6.92 Å². The zero-order valence-corrected chi connectivity index (χ0v) is 11.4. The molecular weight excluding hydrogens is 258 g/mol. The molecule has 0 aliphatic carbocycles. The van der Waals surface area contributed by atoms with Gasteiger partial charge in [-0.05, 0) is 26.3 Å². The van der Waals surface area contributed by atoms with E-state index in [4.69, 9.17) is 0 Å². The van der Waals surface area contributed by atoms with Crippen LogP contribution in [0.4, 0.5) is 0 Å². The summed E-state index contributed by atoms with van der Waals surface area (Å²) in [5.41, 5.74) is 0. The maximum absolute atomic E-state index is 12.0. The summed E-state index contributed by atoms with van der Waals surface area (Å²) in [4.78, 5) is 5.05. The lowest BCUT2D eigenvalue weighted by Gasteiger charge is -2.22. The predicted octanol–water partition coefficient (Wildman–Crippen LogP) is 0.623. The maximum atomic E-state index is 12.0. The summed E-state index contributed by atoms with van der Waals surface area (Å²) in [6.07, 6.45) is 3.39. The third-order valence-corrected chi connectivity index (χ3v) is 5.55. The van der Waals surface area contributed by atoms with E-state index in [9.17, 15) is 8.42 Å². The van der Waals surface area contributed by atoms with Gasteiger partial charge < -0.3 is 5.32 Å². The van der Waals surface area contributed by atoms with E-state index in [2.05, 4.69) is 15.0 Å². The fourth-order valence-electron chi connectivity index (χ4n) is 1.86. The number of nitrogens with zero attached hydrogens (tertiary/aromatic N) is 1. The van der Waals surface area contributed by atoms with Crippen molar-refractivity contribution in [3.63, 3.8) is 0 Å². The molecule has 2 N–H and O–H groups in total. The molecule has 1 aliphatic heterocycles. The van der Waals surface area contributed by atoms with Crippen molar-refractivity contribution < 1.29 is 8.42 Å². The molecular formula is C10H17N3O2S2. The Morgan fingerprint density at radius 2 is 2.47 bits per heavy atom. The van der Waals surface area contributed by atoms with Crippen LogP contribution in [0.25, 0.3) is 0 Å². The Labute approximate surface area is 106 Å². The molecule has 1 aliphatic rings. The number of hydrogen-bond donors (Lipinski definition) is 2. The summed E-state index contributed by atoms with van der Waals surface area (Å²) < 4.78 is 26.7. The minimum absolute atomic E-state index is 0.301. The average molecular weight is 275 g/mol. The highest BCUT2D eigenvalue weighted by atomic mass is 32.2. The highest BCUT2D eigenvalue weighted by Crippen LogP contribution is 2.14. The van der Waals surface area contributed by atoms with Gasteiger partial charge in [0.25, 0.3) is 0 Å². The topological polar surface area (TPSA) is 71.1 Å². The number of aryl methyl sites for hydroxylation is 1. The van der Waals surface area contributed by atoms with Gasteiger partial charge >= 0.3 is 0 Å². The van der Waals surface area contributed by atoms with Gasteiger partial charge in [0.2, 0.25) is 10.0 Å². The molecule has 96 valence electrons. The van der Waals surface area contributed by atoms with Crippen LogP contribution in [-0.4, -0.2) is 31.7 Å². The van der Waals surface area contributed by atoms with E-state index in [0.29, 0.717) is 13.1 Å². The summed E-state index contributed by atoms with van der Waals surface area (Å²) >= 11 is 1.52. The Bertz CT molecular complexity index is 464. The van der Waals surface area contributed by atoms with Crippen LogP contribution >= 0.6 is 11.3 Å². The first-order valence-corrected chi connectivity index (χ1v) is 8.05. The van der Waals surface area contributed by atoms with Crippen molar-refractivity contribution in [2.24, 2.45) is 0 Å². The first-order chi connectivity index (χ1) is 8.08. The zero-order chi connectivity index (χ0) is 12.3. The summed E-state index contributed by atoms with van der Waals surface area (Å²) in [5, 5.41) is 3.77. The van der Waals surface area contributed by atoms with E-state index in [1.165, 1.54) is 11.3 Å². The van der Waals surface area contributed by atoms with Gasteiger partial charge in [0, 0.05) is 24.2 Å². The maximum Gasteiger partial charge on any atom is 0.216 e. The number of aromatic nitrogens is 1. The molecule has 17 heavy (non-hydrogen) atoms. The highest BCUT2D eigenvalue weighted by Gasteiger charge is 2.26. The van der Waals surface area contributed by atoms with E-state index in [0.717, 1.165) is 29.3 Å². The van der Waals surface area contributed by atoms with E-state index in [-0.39, 0.29) is 5.25 Å². The molecule has 1 aromatic heterocycles. The van der Waals surface area contributed by atoms with Crippen LogP contribution in [0.5, 0.6) is 0 Å². The first kappa shape index (κ1) is 12.9. The average Bonchev–Trinajstić information content (AvgIpc) is 2.74. The van der Waals surface area contributed by atoms with Crippen LogP contribution in [-0.2, 0) is 16.6 Å². The largest absolute Gasteiger partial charge is 0.315 e. The van der Waals surface area contributed by atoms with Gasteiger partial charge in [-0.25, -0.2) is 18.1 Å². The molecule has 1 aromatic rings. The quantitative estimate of drug-likeness (QED) is 0.845. The third-order valence-electron chi connectivity index (χ3n) is 2.81. The molecule has 0 radical (unpaired) electrons. The van der Waals surface area contributed by atoms with Crippen molar-refractivity contribution in [2.75, 3.05) is 13.1 Å². The molecule has 1 atom stereocenters. The Balaban J connectivity index is 1.92. The standard InChI is InChI=1S/C10H17N3O2S2/c1-8-12-5-9(16-8)6-13-17(14,15)10-3-2-4-11-7-10/h5,10-11,13H,2-4,6-7H2,1H3. The predicted molar refractivity (Wildman–Crippen MR) is 68.5 cm³/mol. The number of rotatable bonds is 4. The Morgan fingerprint density at radius 3 is 3.06 bits per heavy atom. The number of hydrogen-bond acceptors (Lipinski definition) is 5. The van der Waals surface area contributed by atoms with Crippen LogP contribution in [0.15, 0.2) is 6.20 Å². The highest BCUT2D eigenvalue weighted by molar-refractivity contribution is 7.90. The lowest BCUT2D eigenvalue weighted by molar-refractivity contribution is 0.490. The van der Waals surface area contributed by atoms with Crippen molar-refractivity contribution in [2.45, 2.75) is 31.6 Å². The second-order valence-corrected chi connectivity index (χ2v) is 7.54. The smallest absolute Gasteiger partial charge is 0.216 e. The number of sulfonamides is 1. The van der Waals surface area contributed by atoms with Crippen LogP contribution < -0.4 is 10.0 Å². The molecule has 7 heteroatoms. The molecule has 0 aromatic carbocycles. The second-order valence-electron chi connectivity index (χ2n) is 4.18. The molecule has 0 amide bonds. The first-order valence-electron chi connectivity index (χ1n) is 5.68. The van der Waals surface area contributed by atoms with E-state index < -0.39 is 10.0 Å². The van der Waals surface area contributed by atoms with Gasteiger partial charge in [-0.15, -0.1) is 11.3 Å². The molecule has 2 heterocycles. The van der Waals surface area contributed by atoms with Gasteiger partial charge in [-0.2, -0.15) is 0 Å². The van der Waals surface area contributed by atoms with E-state index in [1.807, 2.05) is 6.92 Å². The summed E-state index contributed by atoms with van der Waals surface area (Å²) in [6.45, 7) is 3.73. The van der Waals surface area contributed by atoms with E-state index in [1.54, 1.807) is 6.20 Å². The van der Waals surface area contributed by atoms with Crippen LogP contribution in [0.1, 0.15) is 22.7 Å². The lowest BCUT2D eigenvalue weighted by Crippen LogP contribution is -2.43. The van der Waals surface area contributed by atoms with Crippen molar-refractivity contribution in [1.29, 1.82) is 0 Å². The fourth-order valence-corrected chi connectivity index (χ4v) is 4.09. The minimum atomic E-state index is -3.21. The molecule has 0 bridgehead atoms. The molecule has 0 spiro atoms. The zero-order valence-electron chi connectivity index (χ0n) is 9.77. The minimum Gasteiger partial charge on any atom is -0.315 e. The van der Waals surface area contributed by atoms with Crippen molar-refractivity contribution in [3.8, 4) is 0 Å². The van der Waals surface area contributed by atoms with Crippen LogP contribution in [0.2, 0.25) is 0 Å². The molecule has 5 nitrogen and oxygen atoms in total. The third kappa shape index (κ3) is 3.48. The SMILES string of the molecule is Cc1ncc(CNS(=O)(=O)C2CCCNC2)s1.